The van der Waals surface area contributed by atoms with Crippen LogP contribution in [0.2, 0.25) is 0 Å². The summed E-state index contributed by atoms with van der Waals surface area (Å²) >= 11 is 0. The van der Waals surface area contributed by atoms with Gasteiger partial charge in [-0.25, -0.2) is 0 Å². The van der Waals surface area contributed by atoms with E-state index in [4.69, 9.17) is 9.47 Å². The lowest BCUT2D eigenvalue weighted by Crippen LogP contribution is -2.25. The second-order valence-electron chi connectivity index (χ2n) is 7.12. The van der Waals surface area contributed by atoms with Crippen molar-refractivity contribution in [3.63, 3.8) is 0 Å². The molecule has 0 atom stereocenters. The number of para-hydroxylation sites is 1. The minimum absolute atomic E-state index is 0.129. The zero-order valence-electron chi connectivity index (χ0n) is 17.3. The van der Waals surface area contributed by atoms with Gasteiger partial charge < -0.3 is 20.1 Å². The normalized spacial score (nSPS) is 11.5. The minimum Gasteiger partial charge on any atom is -0.454 e. The first-order valence-electron chi connectivity index (χ1n) is 9.83. The number of non-ortho nitro benzene ring substituents is 2. The molecular formula is C22H16N4O8. The van der Waals surface area contributed by atoms with E-state index in [1.807, 2.05) is 0 Å². The molecule has 0 unspecified atom stereocenters. The number of carbonyl (C=O) groups is 2. The van der Waals surface area contributed by atoms with E-state index < -0.39 is 33.0 Å². The van der Waals surface area contributed by atoms with Crippen LogP contribution < -0.4 is 20.1 Å². The van der Waals surface area contributed by atoms with Crippen LogP contribution in [0.5, 0.6) is 11.5 Å². The van der Waals surface area contributed by atoms with Gasteiger partial charge in [0.15, 0.2) is 11.5 Å². The fourth-order valence-electron chi connectivity index (χ4n) is 3.25. The summed E-state index contributed by atoms with van der Waals surface area (Å²) in [6.07, 6.45) is 0. The van der Waals surface area contributed by atoms with E-state index in [2.05, 4.69) is 10.6 Å². The summed E-state index contributed by atoms with van der Waals surface area (Å²) < 4.78 is 10.6. The molecular weight excluding hydrogens is 448 g/mol. The lowest BCUT2D eigenvalue weighted by Gasteiger charge is -2.12. The molecule has 0 bridgehead atoms. The van der Waals surface area contributed by atoms with Gasteiger partial charge >= 0.3 is 0 Å². The number of ether oxygens (including phenoxy) is 2. The molecule has 0 saturated heterocycles. The number of nitro benzene ring substituents is 2. The maximum absolute atomic E-state index is 12.8. The van der Waals surface area contributed by atoms with E-state index in [-0.39, 0.29) is 30.2 Å². The van der Waals surface area contributed by atoms with E-state index in [0.717, 1.165) is 23.8 Å². The first-order chi connectivity index (χ1) is 16.3. The van der Waals surface area contributed by atoms with Crippen LogP contribution in [-0.2, 0) is 6.54 Å². The molecule has 0 fully saturated rings. The fourth-order valence-corrected chi connectivity index (χ4v) is 3.25. The number of anilines is 1. The predicted molar refractivity (Wildman–Crippen MR) is 118 cm³/mol. The Morgan fingerprint density at radius 3 is 2.24 bits per heavy atom. The number of nitrogens with one attached hydrogen (secondary N) is 2. The lowest BCUT2D eigenvalue weighted by atomic mass is 10.1. The van der Waals surface area contributed by atoms with Gasteiger partial charge in [0.05, 0.1) is 32.7 Å². The number of carbonyl (C=O) groups excluding carboxylic acids is 2. The molecule has 0 radical (unpaired) electrons. The van der Waals surface area contributed by atoms with E-state index in [9.17, 15) is 29.8 Å². The predicted octanol–water partition coefficient (Wildman–Crippen LogP) is 3.41. The van der Waals surface area contributed by atoms with Crippen LogP contribution in [-0.4, -0.2) is 28.5 Å². The Morgan fingerprint density at radius 1 is 0.853 bits per heavy atom. The summed E-state index contributed by atoms with van der Waals surface area (Å²) in [5, 5.41) is 27.4. The highest BCUT2D eigenvalue weighted by Gasteiger charge is 2.21. The van der Waals surface area contributed by atoms with Crippen LogP contribution in [0.1, 0.15) is 26.3 Å². The van der Waals surface area contributed by atoms with Crippen LogP contribution in [0, 0.1) is 20.2 Å². The van der Waals surface area contributed by atoms with Gasteiger partial charge in [-0.1, -0.05) is 18.2 Å². The summed E-state index contributed by atoms with van der Waals surface area (Å²) in [5.41, 5.74) is -0.468. The van der Waals surface area contributed by atoms with E-state index in [1.54, 1.807) is 30.3 Å². The molecule has 12 heteroatoms. The second-order valence-corrected chi connectivity index (χ2v) is 7.12. The summed E-state index contributed by atoms with van der Waals surface area (Å²) in [5.74, 6) is -0.142. The molecule has 172 valence electrons. The highest BCUT2D eigenvalue weighted by atomic mass is 16.7. The Balaban J connectivity index is 1.51. The van der Waals surface area contributed by atoms with Gasteiger partial charge in [0.25, 0.3) is 23.2 Å². The highest BCUT2D eigenvalue weighted by Crippen LogP contribution is 2.32. The van der Waals surface area contributed by atoms with Crippen molar-refractivity contribution in [3.05, 3.63) is 97.6 Å². The third-order valence-corrected chi connectivity index (χ3v) is 4.90. The zero-order valence-corrected chi connectivity index (χ0v) is 17.3. The summed E-state index contributed by atoms with van der Waals surface area (Å²) in [7, 11) is 0. The first-order valence-corrected chi connectivity index (χ1v) is 9.83. The van der Waals surface area contributed by atoms with Crippen LogP contribution in [0.15, 0.2) is 60.7 Å². The summed E-state index contributed by atoms with van der Waals surface area (Å²) in [6.45, 7) is 0.306. The number of benzene rings is 3. The van der Waals surface area contributed by atoms with Gasteiger partial charge in [0, 0.05) is 18.7 Å². The number of nitro groups is 2. The van der Waals surface area contributed by atoms with E-state index >= 15 is 0 Å². The van der Waals surface area contributed by atoms with Crippen LogP contribution in [0.4, 0.5) is 17.1 Å². The largest absolute Gasteiger partial charge is 0.454 e. The zero-order chi connectivity index (χ0) is 24.2. The molecule has 2 N–H and O–H groups in total. The molecule has 12 nitrogen and oxygen atoms in total. The van der Waals surface area contributed by atoms with Crippen LogP contribution in [0.25, 0.3) is 0 Å². The number of nitrogens with zero attached hydrogens (tertiary/aromatic N) is 2. The molecule has 0 aliphatic carbocycles. The number of hydrogen-bond acceptors (Lipinski definition) is 8. The second kappa shape index (κ2) is 9.24. The summed E-state index contributed by atoms with van der Waals surface area (Å²) in [6, 6.07) is 14.0. The third kappa shape index (κ3) is 4.75. The van der Waals surface area contributed by atoms with Gasteiger partial charge in [0.1, 0.15) is 0 Å². The minimum atomic E-state index is -0.845. The van der Waals surface area contributed by atoms with E-state index in [1.165, 1.54) is 12.1 Å². The van der Waals surface area contributed by atoms with Crippen molar-refractivity contribution in [2.75, 3.05) is 12.1 Å². The molecule has 1 aliphatic heterocycles. The smallest absolute Gasteiger partial charge is 0.277 e. The SMILES string of the molecule is O=C(Nc1ccccc1C(=O)NCc1ccc2c(c1)OCO2)c1cc([N+](=O)[O-])cc([N+](=O)[O-])c1. The van der Waals surface area contributed by atoms with E-state index in [0.29, 0.717) is 11.5 Å². The Labute approximate surface area is 191 Å². The fraction of sp³-hybridized carbons (Fsp3) is 0.0909. The Morgan fingerprint density at radius 2 is 1.53 bits per heavy atom. The third-order valence-electron chi connectivity index (χ3n) is 4.90. The van der Waals surface area contributed by atoms with Gasteiger partial charge in [-0.05, 0) is 29.8 Å². The van der Waals surface area contributed by atoms with Crippen molar-refractivity contribution in [3.8, 4) is 11.5 Å². The monoisotopic (exact) mass is 464 g/mol. The Kier molecular flexibility index (Phi) is 6.03. The van der Waals surface area contributed by atoms with Crippen molar-refractivity contribution < 1.29 is 28.9 Å². The molecule has 0 spiro atoms. The number of rotatable bonds is 7. The molecule has 4 rings (SSSR count). The average Bonchev–Trinajstić information content (AvgIpc) is 3.30. The maximum Gasteiger partial charge on any atom is 0.277 e. The van der Waals surface area contributed by atoms with Gasteiger partial charge in [-0.15, -0.1) is 0 Å². The maximum atomic E-state index is 12.8. The van der Waals surface area contributed by atoms with Crippen molar-refractivity contribution in [1.29, 1.82) is 0 Å². The number of fused-ring (bicyclic) bond motifs is 1. The molecule has 0 saturated carbocycles. The standard InChI is InChI=1S/C22H16N4O8/c27-21(14-8-15(25(29)30)10-16(9-14)26(31)32)24-18-4-2-1-3-17(18)22(28)23-11-13-5-6-19-20(7-13)34-12-33-19/h1-10H,11-12H2,(H,23,28)(H,24,27). The summed E-state index contributed by atoms with van der Waals surface area (Å²) in [4.78, 5) is 46.0. The van der Waals surface area contributed by atoms with Crippen LogP contribution >= 0.6 is 0 Å². The lowest BCUT2D eigenvalue weighted by molar-refractivity contribution is -0.394. The Bertz CT molecular complexity index is 1290. The molecule has 2 amide bonds. The number of amides is 2. The quantitative estimate of drug-likeness (QED) is 0.397. The highest BCUT2D eigenvalue weighted by molar-refractivity contribution is 6.09. The van der Waals surface area contributed by atoms with Crippen molar-refractivity contribution >= 4 is 28.9 Å². The van der Waals surface area contributed by atoms with Crippen molar-refractivity contribution in [2.24, 2.45) is 0 Å². The van der Waals surface area contributed by atoms with Crippen molar-refractivity contribution in [1.82, 2.24) is 5.32 Å². The van der Waals surface area contributed by atoms with Crippen molar-refractivity contribution in [2.45, 2.75) is 6.54 Å². The molecule has 1 aliphatic rings. The molecule has 1 heterocycles. The molecule has 34 heavy (non-hydrogen) atoms. The molecule has 0 aromatic heterocycles. The average molecular weight is 464 g/mol. The van der Waals surface area contributed by atoms with Gasteiger partial charge in [0.2, 0.25) is 6.79 Å². The van der Waals surface area contributed by atoms with Crippen LogP contribution in [0.3, 0.4) is 0 Å². The van der Waals surface area contributed by atoms with Gasteiger partial charge in [-0.3, -0.25) is 29.8 Å². The molecule has 3 aromatic carbocycles. The number of hydrogen-bond donors (Lipinski definition) is 2. The first kappa shape index (κ1) is 22.2. The Hall–Kier alpha value is -5.00. The van der Waals surface area contributed by atoms with Gasteiger partial charge in [-0.2, -0.15) is 0 Å². The topological polar surface area (TPSA) is 163 Å². The molecule has 3 aromatic rings.